The average Bonchev–Trinajstić information content (AvgIpc) is 2.95. The summed E-state index contributed by atoms with van der Waals surface area (Å²) in [6, 6.07) is 14.9. The molecule has 2 aromatic rings. The molecule has 0 aliphatic carbocycles. The Balaban J connectivity index is 1.95. The van der Waals surface area contributed by atoms with E-state index in [2.05, 4.69) is 27.5 Å². The van der Waals surface area contributed by atoms with Crippen molar-refractivity contribution in [2.75, 3.05) is 6.61 Å². The number of cyclic esters (lactones) is 1. The Bertz CT molecular complexity index is 855. The Morgan fingerprint density at radius 3 is 2.71 bits per heavy atom. The van der Waals surface area contributed by atoms with Crippen molar-refractivity contribution in [1.82, 2.24) is 0 Å². The van der Waals surface area contributed by atoms with Gasteiger partial charge in [-0.3, -0.25) is 0 Å². The molecule has 0 atom stereocenters. The smallest absolute Gasteiger partial charge is 0.363 e. The van der Waals surface area contributed by atoms with E-state index in [1.54, 1.807) is 12.2 Å². The molecule has 4 nitrogen and oxygen atoms in total. The molecule has 1 heterocycles. The highest BCUT2D eigenvalue weighted by atomic mass is 79.9. The van der Waals surface area contributed by atoms with Crippen LogP contribution in [0.4, 0.5) is 0 Å². The summed E-state index contributed by atoms with van der Waals surface area (Å²) < 4.78 is 11.7. The van der Waals surface area contributed by atoms with E-state index in [0.717, 1.165) is 15.6 Å². The molecule has 120 valence electrons. The van der Waals surface area contributed by atoms with Crippen LogP contribution in [0.15, 0.2) is 76.3 Å². The van der Waals surface area contributed by atoms with E-state index >= 15 is 0 Å². The molecule has 0 spiro atoms. The molecule has 0 saturated carbocycles. The van der Waals surface area contributed by atoms with Crippen molar-refractivity contribution in [3.63, 3.8) is 0 Å². The van der Waals surface area contributed by atoms with E-state index in [-0.39, 0.29) is 11.6 Å². The van der Waals surface area contributed by atoms with Gasteiger partial charge >= 0.3 is 5.97 Å². The van der Waals surface area contributed by atoms with Gasteiger partial charge in [-0.15, -0.1) is 0 Å². The Morgan fingerprint density at radius 2 is 1.92 bits per heavy atom. The van der Waals surface area contributed by atoms with Gasteiger partial charge in [0.2, 0.25) is 5.90 Å². The molecular formula is C19H14BrNO3. The first-order chi connectivity index (χ1) is 11.7. The standard InChI is InChI=1S/C19H14BrNO3/c1-2-11-23-17-10-6-3-7-13(17)12-16-19(22)24-18(21-16)14-8-4-5-9-15(14)20/h2-10,12H,1,11H2/b16-12-. The van der Waals surface area contributed by atoms with Crippen LogP contribution in [-0.2, 0) is 9.53 Å². The van der Waals surface area contributed by atoms with Crippen LogP contribution in [0.2, 0.25) is 0 Å². The van der Waals surface area contributed by atoms with Crippen molar-refractivity contribution in [3.8, 4) is 5.75 Å². The number of hydrogen-bond acceptors (Lipinski definition) is 4. The van der Waals surface area contributed by atoms with Crippen molar-refractivity contribution in [2.24, 2.45) is 4.99 Å². The van der Waals surface area contributed by atoms with Crippen LogP contribution in [0.1, 0.15) is 11.1 Å². The first kappa shape index (κ1) is 16.2. The van der Waals surface area contributed by atoms with Gasteiger partial charge in [0.25, 0.3) is 0 Å². The lowest BCUT2D eigenvalue weighted by molar-refractivity contribution is -0.129. The van der Waals surface area contributed by atoms with Crippen LogP contribution in [0.5, 0.6) is 5.75 Å². The first-order valence-electron chi connectivity index (χ1n) is 7.29. The third-order valence-corrected chi connectivity index (χ3v) is 3.98. The quantitative estimate of drug-likeness (QED) is 0.437. The molecule has 0 unspecified atom stereocenters. The first-order valence-corrected chi connectivity index (χ1v) is 8.08. The Labute approximate surface area is 148 Å². The molecule has 0 fully saturated rings. The number of aliphatic imine (C=N–C) groups is 1. The highest BCUT2D eigenvalue weighted by Crippen LogP contribution is 2.26. The van der Waals surface area contributed by atoms with Crippen LogP contribution in [0.25, 0.3) is 6.08 Å². The molecule has 0 bridgehead atoms. The van der Waals surface area contributed by atoms with Crippen molar-refractivity contribution in [3.05, 3.63) is 82.5 Å². The number of ether oxygens (including phenoxy) is 2. The second-order valence-corrected chi connectivity index (χ2v) is 5.81. The normalized spacial score (nSPS) is 15.1. The highest BCUT2D eigenvalue weighted by molar-refractivity contribution is 9.10. The van der Waals surface area contributed by atoms with Crippen LogP contribution in [-0.4, -0.2) is 18.5 Å². The number of hydrogen-bond donors (Lipinski definition) is 0. The van der Waals surface area contributed by atoms with E-state index in [4.69, 9.17) is 9.47 Å². The minimum absolute atomic E-state index is 0.232. The zero-order valence-corrected chi connectivity index (χ0v) is 14.3. The largest absolute Gasteiger partial charge is 0.489 e. The Hall–Kier alpha value is -2.66. The van der Waals surface area contributed by atoms with Crippen molar-refractivity contribution < 1.29 is 14.3 Å². The number of nitrogens with zero attached hydrogens (tertiary/aromatic N) is 1. The molecule has 5 heteroatoms. The number of para-hydroxylation sites is 1. The van der Waals surface area contributed by atoms with Gasteiger partial charge < -0.3 is 9.47 Å². The SMILES string of the molecule is C=CCOc1ccccc1/C=C1\N=C(c2ccccc2Br)OC1=O. The van der Waals surface area contributed by atoms with Crippen molar-refractivity contribution >= 4 is 33.9 Å². The molecule has 0 radical (unpaired) electrons. The van der Waals surface area contributed by atoms with Crippen LogP contribution in [0.3, 0.4) is 0 Å². The van der Waals surface area contributed by atoms with Crippen LogP contribution < -0.4 is 4.74 Å². The molecule has 0 saturated heterocycles. The molecule has 0 N–H and O–H groups in total. The number of halogens is 1. The summed E-state index contributed by atoms with van der Waals surface area (Å²) in [5.41, 5.74) is 1.71. The van der Waals surface area contributed by atoms with Gasteiger partial charge in [-0.05, 0) is 40.2 Å². The predicted octanol–water partition coefficient (Wildman–Crippen LogP) is 4.36. The van der Waals surface area contributed by atoms with Gasteiger partial charge in [0.1, 0.15) is 12.4 Å². The molecule has 24 heavy (non-hydrogen) atoms. The van der Waals surface area contributed by atoms with E-state index in [9.17, 15) is 4.79 Å². The van der Waals surface area contributed by atoms with Gasteiger partial charge in [-0.2, -0.15) is 0 Å². The minimum atomic E-state index is -0.487. The fourth-order valence-electron chi connectivity index (χ4n) is 2.19. The fraction of sp³-hybridized carbons (Fsp3) is 0.0526. The third-order valence-electron chi connectivity index (χ3n) is 3.29. The molecule has 1 aliphatic rings. The van der Waals surface area contributed by atoms with Crippen molar-refractivity contribution in [2.45, 2.75) is 0 Å². The van der Waals surface area contributed by atoms with Crippen LogP contribution >= 0.6 is 15.9 Å². The third kappa shape index (κ3) is 3.46. The van der Waals surface area contributed by atoms with Gasteiger partial charge in [0.05, 0.1) is 5.56 Å². The van der Waals surface area contributed by atoms with E-state index in [0.29, 0.717) is 12.4 Å². The molecule has 3 rings (SSSR count). The maximum absolute atomic E-state index is 12.1. The maximum Gasteiger partial charge on any atom is 0.363 e. The van der Waals surface area contributed by atoms with Crippen LogP contribution in [0, 0.1) is 0 Å². The highest BCUT2D eigenvalue weighted by Gasteiger charge is 2.25. The predicted molar refractivity (Wildman–Crippen MR) is 96.9 cm³/mol. The molecule has 2 aromatic carbocycles. The number of rotatable bonds is 5. The fourth-order valence-corrected chi connectivity index (χ4v) is 2.64. The molecule has 0 aromatic heterocycles. The summed E-state index contributed by atoms with van der Waals surface area (Å²) in [7, 11) is 0. The lowest BCUT2D eigenvalue weighted by Crippen LogP contribution is -2.05. The number of benzene rings is 2. The summed E-state index contributed by atoms with van der Waals surface area (Å²) in [4.78, 5) is 16.4. The second-order valence-electron chi connectivity index (χ2n) is 4.95. The van der Waals surface area contributed by atoms with E-state index < -0.39 is 5.97 Å². The number of esters is 1. The van der Waals surface area contributed by atoms with Gasteiger partial charge in [-0.1, -0.05) is 43.0 Å². The van der Waals surface area contributed by atoms with E-state index in [1.165, 1.54) is 0 Å². The van der Waals surface area contributed by atoms with Crippen molar-refractivity contribution in [1.29, 1.82) is 0 Å². The Kier molecular flexibility index (Phi) is 4.91. The minimum Gasteiger partial charge on any atom is -0.489 e. The van der Waals surface area contributed by atoms with E-state index in [1.807, 2.05) is 48.5 Å². The zero-order valence-electron chi connectivity index (χ0n) is 12.7. The summed E-state index contributed by atoms with van der Waals surface area (Å²) in [5, 5.41) is 0. The average molecular weight is 384 g/mol. The lowest BCUT2D eigenvalue weighted by Gasteiger charge is -2.06. The summed E-state index contributed by atoms with van der Waals surface area (Å²) in [6.07, 6.45) is 3.32. The van der Waals surface area contributed by atoms with Gasteiger partial charge in [0.15, 0.2) is 5.70 Å². The summed E-state index contributed by atoms with van der Waals surface area (Å²) in [5.74, 6) is 0.449. The molecule has 1 aliphatic heterocycles. The summed E-state index contributed by atoms with van der Waals surface area (Å²) >= 11 is 3.43. The maximum atomic E-state index is 12.1. The summed E-state index contributed by atoms with van der Waals surface area (Å²) in [6.45, 7) is 4.02. The topological polar surface area (TPSA) is 47.9 Å². The molecule has 0 amide bonds. The number of carbonyl (C=O) groups excluding carboxylic acids is 1. The Morgan fingerprint density at radius 1 is 1.17 bits per heavy atom. The van der Waals surface area contributed by atoms with Gasteiger partial charge in [0, 0.05) is 10.0 Å². The molecular weight excluding hydrogens is 370 g/mol. The second kappa shape index (κ2) is 7.27. The number of carbonyl (C=O) groups is 1. The monoisotopic (exact) mass is 383 g/mol. The zero-order chi connectivity index (χ0) is 16.9. The van der Waals surface area contributed by atoms with Gasteiger partial charge in [-0.25, -0.2) is 9.79 Å². The lowest BCUT2D eigenvalue weighted by atomic mass is 10.1.